The smallest absolute Gasteiger partial charge is 0.189 e. The van der Waals surface area contributed by atoms with E-state index in [4.69, 9.17) is 4.74 Å². The number of rotatable bonds is 6. The number of hydrogen-bond donors (Lipinski definition) is 1. The lowest BCUT2D eigenvalue weighted by atomic mass is 10.3. The van der Waals surface area contributed by atoms with Crippen LogP contribution < -0.4 is 10.1 Å². The molecule has 20 heavy (non-hydrogen) atoms. The van der Waals surface area contributed by atoms with Gasteiger partial charge in [-0.05, 0) is 43.7 Å². The molecule has 4 nitrogen and oxygen atoms in total. The second-order valence-corrected chi connectivity index (χ2v) is 5.48. The van der Waals surface area contributed by atoms with Crippen LogP contribution in [0, 0.1) is 0 Å². The predicted molar refractivity (Wildman–Crippen MR) is 86.5 cm³/mol. The molecule has 0 bridgehead atoms. The van der Waals surface area contributed by atoms with E-state index < -0.39 is 0 Å². The highest BCUT2D eigenvalue weighted by molar-refractivity contribution is 7.99. The maximum atomic E-state index is 5.43. The van der Waals surface area contributed by atoms with E-state index in [0.717, 1.165) is 27.3 Å². The number of nitrogens with one attached hydrogen (secondary N) is 1. The summed E-state index contributed by atoms with van der Waals surface area (Å²) < 4.78 is 5.43. The minimum Gasteiger partial charge on any atom is -0.494 e. The van der Waals surface area contributed by atoms with E-state index in [0.29, 0.717) is 6.61 Å². The van der Waals surface area contributed by atoms with E-state index in [-0.39, 0.29) is 0 Å². The first kappa shape index (κ1) is 15.0. The van der Waals surface area contributed by atoms with E-state index in [1.807, 2.05) is 49.9 Å². The molecule has 0 saturated heterocycles. The molecule has 0 radical (unpaired) electrons. The van der Waals surface area contributed by atoms with Gasteiger partial charge in [-0.3, -0.25) is 0 Å². The second-order valence-electron chi connectivity index (χ2n) is 3.86. The molecule has 1 aromatic carbocycles. The average Bonchev–Trinajstić information content (AvgIpc) is 2.49. The van der Waals surface area contributed by atoms with Gasteiger partial charge in [0, 0.05) is 11.9 Å². The van der Waals surface area contributed by atoms with Gasteiger partial charge in [0.05, 0.1) is 11.5 Å². The molecule has 106 valence electrons. The number of aromatic nitrogens is 2. The standard InChI is InChI=1S/C14H17N3OS2/c1-4-18-11-7-5-10(6-8-11)16-13-12(19-2)9-15-14(17-13)20-3/h5-9H,4H2,1-3H3,(H,15,16,17). The van der Waals surface area contributed by atoms with Crippen molar-refractivity contribution in [3.63, 3.8) is 0 Å². The van der Waals surface area contributed by atoms with Gasteiger partial charge in [0.25, 0.3) is 0 Å². The van der Waals surface area contributed by atoms with Gasteiger partial charge in [0.1, 0.15) is 11.6 Å². The summed E-state index contributed by atoms with van der Waals surface area (Å²) in [5, 5.41) is 4.09. The Morgan fingerprint density at radius 3 is 2.50 bits per heavy atom. The lowest BCUT2D eigenvalue weighted by molar-refractivity contribution is 0.340. The first-order chi connectivity index (χ1) is 9.76. The van der Waals surface area contributed by atoms with Gasteiger partial charge in [0.15, 0.2) is 5.16 Å². The summed E-state index contributed by atoms with van der Waals surface area (Å²) in [6.45, 7) is 2.65. The van der Waals surface area contributed by atoms with Crippen LogP contribution in [0.3, 0.4) is 0 Å². The Morgan fingerprint density at radius 2 is 1.90 bits per heavy atom. The van der Waals surface area contributed by atoms with E-state index in [1.54, 1.807) is 11.8 Å². The predicted octanol–water partition coefficient (Wildman–Crippen LogP) is 4.06. The van der Waals surface area contributed by atoms with Crippen LogP contribution in [0.1, 0.15) is 6.92 Å². The Kier molecular flexibility index (Phi) is 5.55. The lowest BCUT2D eigenvalue weighted by Crippen LogP contribution is -1.99. The molecule has 0 saturated carbocycles. The second kappa shape index (κ2) is 7.40. The normalized spacial score (nSPS) is 10.3. The maximum Gasteiger partial charge on any atom is 0.189 e. The molecular weight excluding hydrogens is 290 g/mol. The van der Waals surface area contributed by atoms with Gasteiger partial charge >= 0.3 is 0 Å². The van der Waals surface area contributed by atoms with Crippen molar-refractivity contribution in [3.05, 3.63) is 30.5 Å². The third kappa shape index (κ3) is 3.80. The highest BCUT2D eigenvalue weighted by Crippen LogP contribution is 2.28. The third-order valence-electron chi connectivity index (χ3n) is 2.56. The molecule has 6 heteroatoms. The van der Waals surface area contributed by atoms with E-state index in [9.17, 15) is 0 Å². The molecule has 0 fully saturated rings. The number of nitrogens with zero attached hydrogens (tertiary/aromatic N) is 2. The van der Waals surface area contributed by atoms with Gasteiger partial charge in [-0.2, -0.15) is 0 Å². The Labute approximate surface area is 127 Å². The molecule has 2 rings (SSSR count). The molecule has 0 aliphatic heterocycles. The first-order valence-corrected chi connectivity index (χ1v) is 8.66. The van der Waals surface area contributed by atoms with Crippen LogP contribution in [0.15, 0.2) is 40.5 Å². The van der Waals surface area contributed by atoms with Crippen LogP contribution in [0.4, 0.5) is 11.5 Å². The Balaban J connectivity index is 2.19. The van der Waals surface area contributed by atoms with Crippen molar-refractivity contribution >= 4 is 35.0 Å². The Hall–Kier alpha value is -1.40. The molecule has 0 unspecified atom stereocenters. The van der Waals surface area contributed by atoms with Crippen molar-refractivity contribution in [1.29, 1.82) is 0 Å². The molecule has 1 N–H and O–H groups in total. The highest BCUT2D eigenvalue weighted by atomic mass is 32.2. The number of hydrogen-bond acceptors (Lipinski definition) is 6. The van der Waals surface area contributed by atoms with Gasteiger partial charge in [-0.1, -0.05) is 11.8 Å². The topological polar surface area (TPSA) is 47.0 Å². The van der Waals surface area contributed by atoms with Crippen LogP contribution in [-0.2, 0) is 0 Å². The van der Waals surface area contributed by atoms with Crippen LogP contribution in [0.5, 0.6) is 5.75 Å². The Bertz CT molecular complexity index is 561. The van der Waals surface area contributed by atoms with Crippen LogP contribution in [0.25, 0.3) is 0 Å². The van der Waals surface area contributed by atoms with Crippen molar-refractivity contribution in [3.8, 4) is 5.75 Å². The van der Waals surface area contributed by atoms with Gasteiger partial charge < -0.3 is 10.1 Å². The number of ether oxygens (including phenoxy) is 1. The lowest BCUT2D eigenvalue weighted by Gasteiger charge is -2.11. The largest absolute Gasteiger partial charge is 0.494 e. The van der Waals surface area contributed by atoms with Crippen molar-refractivity contribution in [1.82, 2.24) is 9.97 Å². The van der Waals surface area contributed by atoms with Gasteiger partial charge in [0.2, 0.25) is 0 Å². The summed E-state index contributed by atoms with van der Waals surface area (Å²) in [6.07, 6.45) is 5.83. The number of anilines is 2. The van der Waals surface area contributed by atoms with E-state index in [1.165, 1.54) is 11.8 Å². The number of benzene rings is 1. The van der Waals surface area contributed by atoms with Crippen LogP contribution >= 0.6 is 23.5 Å². The maximum absolute atomic E-state index is 5.43. The Morgan fingerprint density at radius 1 is 1.15 bits per heavy atom. The SMILES string of the molecule is CCOc1ccc(Nc2nc(SC)ncc2SC)cc1. The van der Waals surface area contributed by atoms with E-state index >= 15 is 0 Å². The average molecular weight is 307 g/mol. The molecule has 0 atom stereocenters. The highest BCUT2D eigenvalue weighted by Gasteiger charge is 2.06. The van der Waals surface area contributed by atoms with Crippen molar-refractivity contribution in [2.75, 3.05) is 24.4 Å². The molecule has 0 spiro atoms. The molecule has 0 aliphatic carbocycles. The minimum absolute atomic E-state index is 0.673. The van der Waals surface area contributed by atoms with Crippen LogP contribution in [-0.4, -0.2) is 29.1 Å². The molecule has 2 aromatic rings. The first-order valence-electron chi connectivity index (χ1n) is 6.21. The third-order valence-corrected chi connectivity index (χ3v) is 3.86. The van der Waals surface area contributed by atoms with Crippen molar-refractivity contribution < 1.29 is 4.74 Å². The zero-order valence-corrected chi connectivity index (χ0v) is 13.3. The minimum atomic E-state index is 0.673. The fraction of sp³-hybridized carbons (Fsp3) is 0.286. The monoisotopic (exact) mass is 307 g/mol. The van der Waals surface area contributed by atoms with E-state index in [2.05, 4.69) is 15.3 Å². The van der Waals surface area contributed by atoms with Gasteiger partial charge in [-0.25, -0.2) is 9.97 Å². The quantitative estimate of drug-likeness (QED) is 0.641. The van der Waals surface area contributed by atoms with Gasteiger partial charge in [-0.15, -0.1) is 11.8 Å². The molecule has 0 aliphatic rings. The van der Waals surface area contributed by atoms with Crippen molar-refractivity contribution in [2.45, 2.75) is 17.0 Å². The molecule has 0 amide bonds. The summed E-state index contributed by atoms with van der Waals surface area (Å²) in [4.78, 5) is 9.81. The summed E-state index contributed by atoms with van der Waals surface area (Å²) >= 11 is 3.15. The zero-order valence-electron chi connectivity index (χ0n) is 11.7. The summed E-state index contributed by atoms with van der Waals surface area (Å²) in [6, 6.07) is 7.86. The summed E-state index contributed by atoms with van der Waals surface area (Å²) in [5.41, 5.74) is 0.981. The summed E-state index contributed by atoms with van der Waals surface area (Å²) in [7, 11) is 0. The zero-order chi connectivity index (χ0) is 14.4. The fourth-order valence-corrected chi connectivity index (χ4v) is 2.42. The number of thioether (sulfide) groups is 2. The molecular formula is C14H17N3OS2. The van der Waals surface area contributed by atoms with Crippen LogP contribution in [0.2, 0.25) is 0 Å². The summed E-state index contributed by atoms with van der Waals surface area (Å²) in [5.74, 6) is 1.71. The fourth-order valence-electron chi connectivity index (χ4n) is 1.63. The molecule has 1 heterocycles. The van der Waals surface area contributed by atoms with Crippen molar-refractivity contribution in [2.24, 2.45) is 0 Å². The molecule has 1 aromatic heterocycles.